The second kappa shape index (κ2) is 9.72. The number of aromatic hydroxyl groups is 1. The van der Waals surface area contributed by atoms with E-state index < -0.39 is 79.2 Å². The van der Waals surface area contributed by atoms with Crippen molar-refractivity contribution in [1.82, 2.24) is 0 Å². The molecule has 6 N–H and O–H groups in total. The van der Waals surface area contributed by atoms with Crippen LogP contribution in [-0.4, -0.2) is 105 Å². The van der Waals surface area contributed by atoms with E-state index in [1.165, 1.54) is 30.5 Å². The minimum Gasteiger partial charge on any atom is -0.508 e. The molecule has 0 aromatic heterocycles. The van der Waals surface area contributed by atoms with Crippen LogP contribution in [0.4, 0.5) is 0 Å². The molecule has 0 spiro atoms. The molecule has 12 nitrogen and oxygen atoms in total. The Hall–Kier alpha value is -2.55. The molecule has 4 aliphatic rings. The number of epoxide rings is 1. The predicted octanol–water partition coefficient (Wildman–Crippen LogP) is -1.62. The van der Waals surface area contributed by atoms with Crippen LogP contribution in [0.5, 0.6) is 5.75 Å². The van der Waals surface area contributed by atoms with Gasteiger partial charge in [0.05, 0.1) is 24.9 Å². The minimum atomic E-state index is -1.64. The molecule has 1 saturated carbocycles. The van der Waals surface area contributed by atoms with E-state index in [1.807, 2.05) is 0 Å². The van der Waals surface area contributed by atoms with Crippen molar-refractivity contribution in [1.29, 1.82) is 0 Å². The number of fused-ring (bicyclic) bond motifs is 3. The number of phenolic OH excluding ortho intramolecular Hbond substituents is 1. The van der Waals surface area contributed by atoms with E-state index >= 15 is 0 Å². The van der Waals surface area contributed by atoms with E-state index in [9.17, 15) is 35.4 Å². The zero-order valence-electron chi connectivity index (χ0n) is 18.9. The van der Waals surface area contributed by atoms with Crippen LogP contribution in [0.1, 0.15) is 5.56 Å². The first-order valence-electron chi connectivity index (χ1n) is 11.5. The SMILES string of the molecule is O=C(/C=C\c1ccc(O)cc1)OC[C@]12O[C@H]1[C@@H](O)[C@@H]1C=CO[C@@H](O[C@@H]3O[C@H](CO)[C@@H](O)[C@H](O)[C@H]3O)[C@@H]12. The van der Waals surface area contributed by atoms with Gasteiger partial charge in [-0.15, -0.1) is 0 Å². The van der Waals surface area contributed by atoms with Crippen LogP contribution in [0, 0.1) is 11.8 Å². The number of aliphatic hydroxyl groups is 5. The zero-order valence-corrected chi connectivity index (χ0v) is 18.9. The number of carbonyl (C=O) groups excluding carboxylic acids is 1. The predicted molar refractivity (Wildman–Crippen MR) is 118 cm³/mol. The van der Waals surface area contributed by atoms with Crippen LogP contribution < -0.4 is 0 Å². The molecule has 11 atom stereocenters. The van der Waals surface area contributed by atoms with Gasteiger partial charge in [0.25, 0.3) is 0 Å². The van der Waals surface area contributed by atoms with Crippen molar-refractivity contribution in [3.05, 3.63) is 48.2 Å². The average Bonchev–Trinajstić information content (AvgIpc) is 3.56. The Morgan fingerprint density at radius 3 is 2.50 bits per heavy atom. The summed E-state index contributed by atoms with van der Waals surface area (Å²) in [6.07, 6.45) is -4.42. The molecule has 1 aromatic rings. The molecular formula is C24H28O12. The van der Waals surface area contributed by atoms with Crippen LogP contribution in [0.25, 0.3) is 6.08 Å². The maximum atomic E-state index is 12.3. The maximum Gasteiger partial charge on any atom is 0.330 e. The molecule has 2 saturated heterocycles. The Balaban J connectivity index is 1.27. The van der Waals surface area contributed by atoms with Gasteiger partial charge < -0.3 is 54.3 Å². The summed E-state index contributed by atoms with van der Waals surface area (Å²) in [6.45, 7) is -0.829. The molecule has 0 radical (unpaired) electrons. The van der Waals surface area contributed by atoms with Crippen LogP contribution in [0.15, 0.2) is 42.7 Å². The first-order chi connectivity index (χ1) is 17.2. The molecule has 0 unspecified atom stereocenters. The fourth-order valence-corrected chi connectivity index (χ4v) is 5.14. The van der Waals surface area contributed by atoms with Crippen LogP contribution in [0.3, 0.4) is 0 Å². The van der Waals surface area contributed by atoms with Gasteiger partial charge in [0.2, 0.25) is 6.29 Å². The van der Waals surface area contributed by atoms with E-state index in [1.54, 1.807) is 18.2 Å². The van der Waals surface area contributed by atoms with Crippen molar-refractivity contribution in [2.75, 3.05) is 13.2 Å². The number of benzene rings is 1. The highest BCUT2D eigenvalue weighted by molar-refractivity contribution is 5.87. The molecule has 5 rings (SSSR count). The van der Waals surface area contributed by atoms with Crippen molar-refractivity contribution >= 4 is 12.0 Å². The molecule has 3 heterocycles. The van der Waals surface area contributed by atoms with Crippen molar-refractivity contribution in [2.24, 2.45) is 11.8 Å². The smallest absolute Gasteiger partial charge is 0.330 e. The van der Waals surface area contributed by atoms with Gasteiger partial charge >= 0.3 is 5.97 Å². The van der Waals surface area contributed by atoms with Crippen LogP contribution in [0.2, 0.25) is 0 Å². The zero-order chi connectivity index (χ0) is 25.6. The topological polar surface area (TPSA) is 188 Å². The quantitative estimate of drug-likeness (QED) is 0.141. The Kier molecular flexibility index (Phi) is 6.78. The highest BCUT2D eigenvalue weighted by Gasteiger charge is 2.76. The second-order valence-corrected chi connectivity index (χ2v) is 9.29. The molecule has 0 bridgehead atoms. The molecule has 1 aliphatic carbocycles. The average molecular weight is 508 g/mol. The fraction of sp³-hybridized carbons (Fsp3) is 0.542. The summed E-state index contributed by atoms with van der Waals surface area (Å²) in [4.78, 5) is 12.3. The highest BCUT2D eigenvalue weighted by atomic mass is 16.8. The van der Waals surface area contributed by atoms with Crippen molar-refractivity contribution in [3.8, 4) is 5.75 Å². The van der Waals surface area contributed by atoms with Gasteiger partial charge in [-0.25, -0.2) is 4.79 Å². The van der Waals surface area contributed by atoms with Crippen LogP contribution in [-0.2, 0) is 28.5 Å². The lowest BCUT2D eigenvalue weighted by molar-refractivity contribution is -0.344. The lowest BCUT2D eigenvalue weighted by atomic mass is 9.85. The largest absolute Gasteiger partial charge is 0.508 e. The van der Waals surface area contributed by atoms with Gasteiger partial charge in [0.15, 0.2) is 6.29 Å². The minimum absolute atomic E-state index is 0.101. The number of aliphatic hydroxyl groups excluding tert-OH is 5. The monoisotopic (exact) mass is 508 g/mol. The van der Waals surface area contributed by atoms with E-state index in [4.69, 9.17) is 23.7 Å². The summed E-state index contributed by atoms with van der Waals surface area (Å²) in [6, 6.07) is 6.22. The molecule has 12 heteroatoms. The number of rotatable bonds is 7. The molecule has 3 aliphatic heterocycles. The van der Waals surface area contributed by atoms with Gasteiger partial charge in [0.1, 0.15) is 48.5 Å². The van der Waals surface area contributed by atoms with E-state index in [0.717, 1.165) is 0 Å². The van der Waals surface area contributed by atoms with Crippen molar-refractivity contribution in [3.63, 3.8) is 0 Å². The summed E-state index contributed by atoms with van der Waals surface area (Å²) in [5.74, 6) is -1.69. The third-order valence-corrected chi connectivity index (χ3v) is 7.12. The van der Waals surface area contributed by atoms with Crippen LogP contribution >= 0.6 is 0 Å². The van der Waals surface area contributed by atoms with Crippen molar-refractivity contribution in [2.45, 2.75) is 54.8 Å². The number of esters is 1. The van der Waals surface area contributed by atoms with E-state index in [2.05, 4.69) is 0 Å². The lowest BCUT2D eigenvalue weighted by Crippen LogP contribution is -2.60. The highest BCUT2D eigenvalue weighted by Crippen LogP contribution is 2.60. The molecular weight excluding hydrogens is 480 g/mol. The van der Waals surface area contributed by atoms with E-state index in [0.29, 0.717) is 5.56 Å². The first kappa shape index (κ1) is 25.1. The third kappa shape index (κ3) is 4.40. The Morgan fingerprint density at radius 2 is 1.78 bits per heavy atom. The molecule has 0 amide bonds. The maximum absolute atomic E-state index is 12.3. The molecule has 36 heavy (non-hydrogen) atoms. The molecule has 3 fully saturated rings. The number of ether oxygens (including phenoxy) is 5. The third-order valence-electron chi connectivity index (χ3n) is 7.12. The molecule has 1 aromatic carbocycles. The summed E-state index contributed by atoms with van der Waals surface area (Å²) in [5, 5.41) is 59.9. The number of phenols is 1. The Bertz CT molecular complexity index is 1010. The Morgan fingerprint density at radius 1 is 1.03 bits per heavy atom. The van der Waals surface area contributed by atoms with Gasteiger partial charge in [-0.2, -0.15) is 0 Å². The summed E-state index contributed by atoms with van der Waals surface area (Å²) >= 11 is 0. The number of carbonyl (C=O) groups is 1. The summed E-state index contributed by atoms with van der Waals surface area (Å²) in [5.41, 5.74) is -0.436. The standard InChI is InChI=1S/C24H28O12/c25-9-14-18(29)19(30)20(31)23(34-14)35-22-16-13(7-8-32-22)17(28)21-24(16,36-21)10-33-15(27)6-3-11-1-4-12(26)5-2-11/h1-8,13-14,16-23,25-26,28-31H,9-10H2/b6-3-/t13-,14-,16-,17+,18-,19+,20-,21+,22+,23+,24-/m1/s1. The van der Waals surface area contributed by atoms with Gasteiger partial charge in [-0.3, -0.25) is 0 Å². The first-order valence-corrected chi connectivity index (χ1v) is 11.5. The number of hydrogen-bond acceptors (Lipinski definition) is 12. The van der Waals surface area contributed by atoms with E-state index in [-0.39, 0.29) is 12.4 Å². The van der Waals surface area contributed by atoms with Crippen molar-refractivity contribution < 1.29 is 59.1 Å². The summed E-state index contributed by atoms with van der Waals surface area (Å²) < 4.78 is 28.0. The van der Waals surface area contributed by atoms with Gasteiger partial charge in [-0.05, 0) is 29.8 Å². The van der Waals surface area contributed by atoms with Gasteiger partial charge in [0, 0.05) is 12.0 Å². The molecule has 196 valence electrons. The second-order valence-electron chi connectivity index (χ2n) is 9.29. The number of hydrogen-bond donors (Lipinski definition) is 6. The van der Waals surface area contributed by atoms with Gasteiger partial charge in [-0.1, -0.05) is 12.1 Å². The fourth-order valence-electron chi connectivity index (χ4n) is 5.14. The Labute approximate surface area is 205 Å². The normalized spacial score (nSPS) is 43.0. The summed E-state index contributed by atoms with van der Waals surface area (Å²) in [7, 11) is 0. The lowest BCUT2D eigenvalue weighted by Gasteiger charge is -2.43.